The second-order valence-corrected chi connectivity index (χ2v) is 8.05. The van der Waals surface area contributed by atoms with Gasteiger partial charge in [0, 0.05) is 16.5 Å². The van der Waals surface area contributed by atoms with Crippen LogP contribution in [0.5, 0.6) is 5.75 Å². The summed E-state index contributed by atoms with van der Waals surface area (Å²) in [5.41, 5.74) is 3.57. The molecule has 0 spiro atoms. The predicted molar refractivity (Wildman–Crippen MR) is 112 cm³/mol. The van der Waals surface area contributed by atoms with Crippen molar-refractivity contribution in [1.29, 1.82) is 0 Å². The average molecular weight is 394 g/mol. The topological polar surface area (TPSA) is 38.7 Å². The van der Waals surface area contributed by atoms with Gasteiger partial charge in [0.2, 0.25) is 0 Å². The summed E-state index contributed by atoms with van der Waals surface area (Å²) in [6.07, 6.45) is 0. The lowest BCUT2D eigenvalue weighted by molar-refractivity contribution is -0.702. The Morgan fingerprint density at radius 2 is 1.78 bits per heavy atom. The molecule has 0 unspecified atom stereocenters. The Bertz CT molecular complexity index is 963. The molecule has 5 heteroatoms. The minimum absolute atomic E-state index is 0.303. The lowest BCUT2D eigenvalue weighted by Gasteiger charge is -2.14. The molecule has 136 valence electrons. The Kier molecular flexibility index (Phi) is 5.63. The molecule has 0 bridgehead atoms. The SMILES string of the molecule is COc1ccc(-c2nc(C[NH2+][C@H](c3ccccc3)c3cccs3)cs2)cc1. The third-order valence-corrected chi connectivity index (χ3v) is 6.36. The number of ether oxygens (including phenoxy) is 1. The number of quaternary nitrogens is 1. The largest absolute Gasteiger partial charge is 0.497 e. The quantitative estimate of drug-likeness (QED) is 0.493. The average Bonchev–Trinajstić information content (AvgIpc) is 3.42. The summed E-state index contributed by atoms with van der Waals surface area (Å²) in [5, 5.41) is 7.72. The number of hydrogen-bond donors (Lipinski definition) is 1. The smallest absolute Gasteiger partial charge is 0.147 e. The van der Waals surface area contributed by atoms with E-state index in [1.54, 1.807) is 29.8 Å². The van der Waals surface area contributed by atoms with Gasteiger partial charge in [-0.1, -0.05) is 36.4 Å². The van der Waals surface area contributed by atoms with Gasteiger partial charge in [0.1, 0.15) is 29.0 Å². The molecular weight excluding hydrogens is 372 g/mol. The van der Waals surface area contributed by atoms with Gasteiger partial charge in [-0.15, -0.1) is 22.7 Å². The van der Waals surface area contributed by atoms with Crippen LogP contribution in [0.3, 0.4) is 0 Å². The van der Waals surface area contributed by atoms with Crippen molar-refractivity contribution in [3.8, 4) is 16.3 Å². The van der Waals surface area contributed by atoms with Crippen molar-refractivity contribution in [3.05, 3.63) is 93.6 Å². The van der Waals surface area contributed by atoms with Gasteiger partial charge in [0.05, 0.1) is 12.0 Å². The highest BCUT2D eigenvalue weighted by atomic mass is 32.1. The molecular formula is C22H21N2OS2+. The maximum atomic E-state index is 5.23. The highest BCUT2D eigenvalue weighted by Gasteiger charge is 2.19. The molecule has 2 N–H and O–H groups in total. The molecule has 0 amide bonds. The van der Waals surface area contributed by atoms with Crippen molar-refractivity contribution in [3.63, 3.8) is 0 Å². The fourth-order valence-corrected chi connectivity index (χ4v) is 4.74. The normalized spacial score (nSPS) is 12.0. The van der Waals surface area contributed by atoms with Crippen molar-refractivity contribution in [2.24, 2.45) is 0 Å². The number of methoxy groups -OCH3 is 1. The van der Waals surface area contributed by atoms with Gasteiger partial charge in [-0.3, -0.25) is 0 Å². The van der Waals surface area contributed by atoms with E-state index in [9.17, 15) is 0 Å². The van der Waals surface area contributed by atoms with Crippen LogP contribution in [0.15, 0.2) is 77.5 Å². The number of thiophene rings is 1. The third-order valence-electron chi connectivity index (χ3n) is 4.46. The van der Waals surface area contributed by atoms with Crippen molar-refractivity contribution >= 4 is 22.7 Å². The summed E-state index contributed by atoms with van der Waals surface area (Å²) < 4.78 is 5.23. The highest BCUT2D eigenvalue weighted by Crippen LogP contribution is 2.26. The van der Waals surface area contributed by atoms with Gasteiger partial charge in [-0.2, -0.15) is 0 Å². The first-order valence-electron chi connectivity index (χ1n) is 8.84. The number of rotatable bonds is 7. The zero-order chi connectivity index (χ0) is 18.5. The van der Waals surface area contributed by atoms with Gasteiger partial charge < -0.3 is 10.1 Å². The number of aromatic nitrogens is 1. The Morgan fingerprint density at radius 1 is 0.963 bits per heavy atom. The molecule has 0 aliphatic rings. The maximum Gasteiger partial charge on any atom is 0.147 e. The first-order valence-corrected chi connectivity index (χ1v) is 10.6. The van der Waals surface area contributed by atoms with E-state index in [0.29, 0.717) is 6.04 Å². The summed E-state index contributed by atoms with van der Waals surface area (Å²) in [6, 6.07) is 23.4. The van der Waals surface area contributed by atoms with Crippen LogP contribution in [-0.2, 0) is 6.54 Å². The minimum atomic E-state index is 0.303. The van der Waals surface area contributed by atoms with Gasteiger partial charge in [-0.25, -0.2) is 4.98 Å². The molecule has 2 aromatic carbocycles. The zero-order valence-corrected chi connectivity index (χ0v) is 16.7. The Morgan fingerprint density at radius 3 is 2.48 bits per heavy atom. The fourth-order valence-electron chi connectivity index (χ4n) is 3.05. The van der Waals surface area contributed by atoms with E-state index in [4.69, 9.17) is 9.72 Å². The molecule has 0 radical (unpaired) electrons. The van der Waals surface area contributed by atoms with Crippen molar-refractivity contribution < 1.29 is 10.1 Å². The van der Waals surface area contributed by atoms with E-state index in [0.717, 1.165) is 28.6 Å². The van der Waals surface area contributed by atoms with Crippen LogP contribution in [0.2, 0.25) is 0 Å². The maximum absolute atomic E-state index is 5.23. The first kappa shape index (κ1) is 17.9. The lowest BCUT2D eigenvalue weighted by atomic mass is 10.1. The van der Waals surface area contributed by atoms with Gasteiger partial charge in [-0.05, 0) is 35.7 Å². The Labute approximate surface area is 167 Å². The van der Waals surface area contributed by atoms with Gasteiger partial charge in [0.15, 0.2) is 0 Å². The van der Waals surface area contributed by atoms with Gasteiger partial charge >= 0.3 is 0 Å². The standard InChI is InChI=1S/C22H20N2OS2/c1-25-19-11-9-17(10-12-19)22-24-18(15-27-22)14-23-21(20-8-5-13-26-20)16-6-3-2-4-7-16/h2-13,15,21,23H,14H2,1H3/p+1/t21-/m1/s1. The molecule has 4 rings (SSSR count). The van der Waals surface area contributed by atoms with Crippen LogP contribution in [0, 0.1) is 0 Å². The van der Waals surface area contributed by atoms with Crippen LogP contribution >= 0.6 is 22.7 Å². The summed E-state index contributed by atoms with van der Waals surface area (Å²) in [4.78, 5) is 6.20. The zero-order valence-electron chi connectivity index (χ0n) is 15.0. The predicted octanol–water partition coefficient (Wildman–Crippen LogP) is 4.73. The summed E-state index contributed by atoms with van der Waals surface area (Å²) in [5.74, 6) is 0.866. The van der Waals surface area contributed by atoms with Crippen LogP contribution < -0.4 is 10.1 Å². The van der Waals surface area contributed by atoms with E-state index in [-0.39, 0.29) is 0 Å². The van der Waals surface area contributed by atoms with E-state index >= 15 is 0 Å². The van der Waals surface area contributed by atoms with E-state index in [1.165, 1.54) is 10.4 Å². The van der Waals surface area contributed by atoms with E-state index in [1.807, 2.05) is 12.1 Å². The molecule has 1 atom stereocenters. The molecule has 0 aliphatic carbocycles. The minimum Gasteiger partial charge on any atom is -0.497 e. The third kappa shape index (κ3) is 4.27. The summed E-state index contributed by atoms with van der Waals surface area (Å²) in [7, 11) is 1.68. The molecule has 2 aromatic heterocycles. The fraction of sp³-hybridized carbons (Fsp3) is 0.136. The lowest BCUT2D eigenvalue weighted by Crippen LogP contribution is -2.83. The number of nitrogens with two attached hydrogens (primary N) is 1. The van der Waals surface area contributed by atoms with Crippen LogP contribution in [0.1, 0.15) is 22.2 Å². The molecule has 0 aliphatic heterocycles. The molecule has 27 heavy (non-hydrogen) atoms. The van der Waals surface area contributed by atoms with Crippen molar-refractivity contribution in [2.75, 3.05) is 7.11 Å². The second-order valence-electron chi connectivity index (χ2n) is 6.22. The molecule has 0 fully saturated rings. The van der Waals surface area contributed by atoms with Crippen molar-refractivity contribution in [1.82, 2.24) is 4.98 Å². The van der Waals surface area contributed by atoms with Crippen LogP contribution in [0.25, 0.3) is 10.6 Å². The Balaban J connectivity index is 1.49. The first-order chi connectivity index (χ1) is 13.3. The highest BCUT2D eigenvalue weighted by molar-refractivity contribution is 7.13. The Hall–Kier alpha value is -2.47. The molecule has 4 aromatic rings. The molecule has 0 saturated heterocycles. The van der Waals surface area contributed by atoms with E-state index < -0.39 is 0 Å². The number of thiazole rings is 1. The number of benzene rings is 2. The summed E-state index contributed by atoms with van der Waals surface area (Å²) >= 11 is 3.50. The second kappa shape index (κ2) is 8.48. The number of nitrogens with zero attached hydrogens (tertiary/aromatic N) is 1. The summed E-state index contributed by atoms with van der Waals surface area (Å²) in [6.45, 7) is 0.851. The van der Waals surface area contributed by atoms with Crippen LogP contribution in [-0.4, -0.2) is 12.1 Å². The van der Waals surface area contributed by atoms with Crippen molar-refractivity contribution in [2.45, 2.75) is 12.6 Å². The van der Waals surface area contributed by atoms with Gasteiger partial charge in [0.25, 0.3) is 0 Å². The number of hydrogen-bond acceptors (Lipinski definition) is 4. The molecule has 0 saturated carbocycles. The van der Waals surface area contributed by atoms with E-state index in [2.05, 4.69) is 70.7 Å². The van der Waals surface area contributed by atoms with Crippen LogP contribution in [0.4, 0.5) is 0 Å². The molecule has 2 heterocycles. The monoisotopic (exact) mass is 393 g/mol. The molecule has 3 nitrogen and oxygen atoms in total.